The monoisotopic (exact) mass is 366 g/mol. The molecule has 0 saturated carbocycles. The summed E-state index contributed by atoms with van der Waals surface area (Å²) in [5.74, 6) is 0.690. The fourth-order valence-electron chi connectivity index (χ4n) is 4.37. The quantitative estimate of drug-likeness (QED) is 0.743. The topological polar surface area (TPSA) is 42.0 Å². The van der Waals surface area contributed by atoms with E-state index >= 15 is 0 Å². The van der Waals surface area contributed by atoms with Crippen molar-refractivity contribution >= 4 is 17.2 Å². The maximum absolute atomic E-state index is 12.2. The Kier molecular flexibility index (Phi) is 6.49. The molecule has 25 heavy (non-hydrogen) atoms. The molecule has 2 fully saturated rings. The van der Waals surface area contributed by atoms with Gasteiger partial charge in [0, 0.05) is 57.2 Å². The van der Waals surface area contributed by atoms with E-state index in [-0.39, 0.29) is 17.9 Å². The zero-order valence-corrected chi connectivity index (χ0v) is 16.2. The molecule has 0 aromatic carbocycles. The molecule has 1 aromatic heterocycles. The summed E-state index contributed by atoms with van der Waals surface area (Å²) in [6.07, 6.45) is 2.14. The molecule has 140 valence electrons. The van der Waals surface area contributed by atoms with Gasteiger partial charge in [0.05, 0.1) is 6.61 Å². The summed E-state index contributed by atoms with van der Waals surface area (Å²) >= 11 is 1.83. The van der Waals surface area contributed by atoms with Crippen LogP contribution < -0.4 is 0 Å². The van der Waals surface area contributed by atoms with Gasteiger partial charge in [0.25, 0.3) is 0 Å². The lowest BCUT2D eigenvalue weighted by molar-refractivity contribution is -0.138. The number of hydrogen-bond acceptors (Lipinski definition) is 5. The van der Waals surface area contributed by atoms with Gasteiger partial charge >= 0.3 is 0 Å². The van der Waals surface area contributed by atoms with Crippen molar-refractivity contribution in [2.75, 3.05) is 53.1 Å². The minimum atomic E-state index is 0.133. The number of carbonyl (C=O) groups is 1. The second-order valence-electron chi connectivity index (χ2n) is 7.28. The van der Waals surface area contributed by atoms with E-state index in [1.807, 2.05) is 23.2 Å². The van der Waals surface area contributed by atoms with Crippen LogP contribution in [0.25, 0.3) is 0 Å². The molecule has 1 atom stereocenters. The molecular weight excluding hydrogens is 336 g/mol. The van der Waals surface area contributed by atoms with Crippen molar-refractivity contribution in [1.29, 1.82) is 0 Å². The summed E-state index contributed by atoms with van der Waals surface area (Å²) < 4.78 is 10.8. The summed E-state index contributed by atoms with van der Waals surface area (Å²) in [6.45, 7) is 8.49. The van der Waals surface area contributed by atoms with Crippen LogP contribution in [0.2, 0.25) is 0 Å². The van der Waals surface area contributed by atoms with E-state index in [0.29, 0.717) is 12.5 Å². The lowest BCUT2D eigenvalue weighted by Gasteiger charge is -2.42. The highest BCUT2D eigenvalue weighted by Crippen LogP contribution is 2.45. The predicted octanol–water partition coefficient (Wildman–Crippen LogP) is 2.47. The molecule has 3 heterocycles. The van der Waals surface area contributed by atoms with Crippen LogP contribution in [0.15, 0.2) is 17.5 Å². The van der Waals surface area contributed by atoms with Gasteiger partial charge in [0.15, 0.2) is 0 Å². The van der Waals surface area contributed by atoms with Crippen LogP contribution in [0.1, 0.15) is 24.6 Å². The Hall–Kier alpha value is -0.950. The van der Waals surface area contributed by atoms with Gasteiger partial charge in [0.1, 0.15) is 6.61 Å². The van der Waals surface area contributed by atoms with Crippen molar-refractivity contribution in [1.82, 2.24) is 9.80 Å². The van der Waals surface area contributed by atoms with Gasteiger partial charge in [-0.3, -0.25) is 9.69 Å². The first-order valence-corrected chi connectivity index (χ1v) is 10.1. The van der Waals surface area contributed by atoms with Crippen LogP contribution in [0, 0.1) is 11.3 Å². The SMILES string of the molecule is CCOCC(=O)N1CCC2(CC1)CN(Cc1cccs1)CC2COC. The molecule has 0 radical (unpaired) electrons. The number of methoxy groups -OCH3 is 1. The van der Waals surface area contributed by atoms with E-state index in [9.17, 15) is 4.79 Å². The molecule has 0 bridgehead atoms. The van der Waals surface area contributed by atoms with E-state index in [0.717, 1.165) is 52.2 Å². The molecule has 1 unspecified atom stereocenters. The van der Waals surface area contributed by atoms with Crippen LogP contribution in [0.4, 0.5) is 0 Å². The summed E-state index contributed by atoms with van der Waals surface area (Å²) in [5.41, 5.74) is 0.287. The molecule has 1 spiro atoms. The van der Waals surface area contributed by atoms with Crippen molar-refractivity contribution < 1.29 is 14.3 Å². The fourth-order valence-corrected chi connectivity index (χ4v) is 5.11. The van der Waals surface area contributed by atoms with Gasteiger partial charge in [-0.1, -0.05) is 6.07 Å². The molecule has 0 aliphatic carbocycles. The Morgan fingerprint density at radius 1 is 1.40 bits per heavy atom. The van der Waals surface area contributed by atoms with E-state index in [1.165, 1.54) is 4.88 Å². The zero-order chi connectivity index (χ0) is 17.7. The van der Waals surface area contributed by atoms with Crippen molar-refractivity contribution in [2.24, 2.45) is 11.3 Å². The first kappa shape index (κ1) is 18.8. The largest absolute Gasteiger partial charge is 0.384 e. The van der Waals surface area contributed by atoms with Gasteiger partial charge in [0.2, 0.25) is 5.91 Å². The summed E-state index contributed by atoms with van der Waals surface area (Å²) in [4.78, 5) is 18.2. The number of nitrogens with zero attached hydrogens (tertiary/aromatic N) is 2. The molecule has 1 amide bonds. The maximum Gasteiger partial charge on any atom is 0.248 e. The molecule has 6 heteroatoms. The van der Waals surface area contributed by atoms with E-state index in [2.05, 4.69) is 22.4 Å². The lowest BCUT2D eigenvalue weighted by atomic mass is 9.71. The van der Waals surface area contributed by atoms with E-state index in [1.54, 1.807) is 7.11 Å². The highest BCUT2D eigenvalue weighted by atomic mass is 32.1. The third-order valence-corrected chi connectivity index (χ3v) is 6.61. The summed E-state index contributed by atoms with van der Waals surface area (Å²) in [5, 5.41) is 2.15. The van der Waals surface area contributed by atoms with Gasteiger partial charge in [-0.15, -0.1) is 11.3 Å². The van der Waals surface area contributed by atoms with Gasteiger partial charge in [-0.05, 0) is 36.6 Å². The van der Waals surface area contributed by atoms with Gasteiger partial charge in [-0.25, -0.2) is 0 Å². The Morgan fingerprint density at radius 3 is 2.84 bits per heavy atom. The molecule has 3 rings (SSSR count). The minimum absolute atomic E-state index is 0.133. The van der Waals surface area contributed by atoms with Crippen molar-refractivity contribution in [3.63, 3.8) is 0 Å². The molecule has 1 aromatic rings. The minimum Gasteiger partial charge on any atom is -0.384 e. The molecule has 0 N–H and O–H groups in total. The normalized spacial score (nSPS) is 23.4. The molecule has 2 aliphatic rings. The van der Waals surface area contributed by atoms with Crippen LogP contribution in [-0.4, -0.2) is 68.8 Å². The first-order chi connectivity index (χ1) is 12.2. The standard InChI is InChI=1S/C19H30N2O3S/c1-3-24-14-18(22)21-8-6-19(7-9-21)15-20(11-16(19)13-23-2)12-17-5-4-10-25-17/h4-5,10,16H,3,6-9,11-15H2,1-2H3. The number of hydrogen-bond donors (Lipinski definition) is 0. The number of likely N-dealkylation sites (tertiary alicyclic amines) is 2. The van der Waals surface area contributed by atoms with Crippen molar-refractivity contribution in [3.8, 4) is 0 Å². The van der Waals surface area contributed by atoms with Crippen LogP contribution in [-0.2, 0) is 20.8 Å². The second-order valence-corrected chi connectivity index (χ2v) is 8.31. The van der Waals surface area contributed by atoms with E-state index in [4.69, 9.17) is 9.47 Å². The lowest BCUT2D eigenvalue weighted by Crippen LogP contribution is -2.48. The zero-order valence-electron chi connectivity index (χ0n) is 15.4. The average Bonchev–Trinajstić information content (AvgIpc) is 3.23. The van der Waals surface area contributed by atoms with Gasteiger partial charge in [-0.2, -0.15) is 0 Å². The molecule has 5 nitrogen and oxygen atoms in total. The Bertz CT molecular complexity index is 541. The third kappa shape index (κ3) is 4.42. The highest BCUT2D eigenvalue weighted by molar-refractivity contribution is 7.09. The average molecular weight is 367 g/mol. The van der Waals surface area contributed by atoms with E-state index < -0.39 is 0 Å². The summed E-state index contributed by atoms with van der Waals surface area (Å²) in [6, 6.07) is 4.34. The Morgan fingerprint density at radius 2 is 2.20 bits per heavy atom. The fraction of sp³-hybridized carbons (Fsp3) is 0.737. The molecular formula is C19H30N2O3S. The number of carbonyl (C=O) groups excluding carboxylic acids is 1. The number of thiophene rings is 1. The van der Waals surface area contributed by atoms with Crippen LogP contribution in [0.5, 0.6) is 0 Å². The first-order valence-electron chi connectivity index (χ1n) is 9.26. The van der Waals surface area contributed by atoms with Crippen LogP contribution in [0.3, 0.4) is 0 Å². The number of ether oxygens (including phenoxy) is 2. The summed E-state index contributed by atoms with van der Waals surface area (Å²) in [7, 11) is 1.80. The highest BCUT2D eigenvalue weighted by Gasteiger charge is 2.48. The molecule has 2 saturated heterocycles. The van der Waals surface area contributed by atoms with Gasteiger partial charge < -0.3 is 14.4 Å². The second kappa shape index (κ2) is 8.62. The maximum atomic E-state index is 12.2. The number of piperidine rings is 1. The molecule has 2 aliphatic heterocycles. The number of rotatable bonds is 7. The smallest absolute Gasteiger partial charge is 0.248 e. The van der Waals surface area contributed by atoms with Crippen molar-refractivity contribution in [3.05, 3.63) is 22.4 Å². The Labute approximate surface area is 154 Å². The number of amides is 1. The third-order valence-electron chi connectivity index (χ3n) is 5.75. The van der Waals surface area contributed by atoms with Crippen molar-refractivity contribution in [2.45, 2.75) is 26.3 Å². The van der Waals surface area contributed by atoms with Crippen LogP contribution >= 0.6 is 11.3 Å². The predicted molar refractivity (Wildman–Crippen MR) is 99.7 cm³/mol. The Balaban J connectivity index is 1.60.